The quantitative estimate of drug-likeness (QED) is 0.437. The van der Waals surface area contributed by atoms with Gasteiger partial charge in [-0.2, -0.15) is 4.99 Å². The summed E-state index contributed by atoms with van der Waals surface area (Å²) in [5.41, 5.74) is 5.40. The second-order valence-corrected chi connectivity index (χ2v) is 1.96. The molecule has 0 aromatic rings. The van der Waals surface area contributed by atoms with Crippen molar-refractivity contribution in [3.05, 3.63) is 0 Å². The fourth-order valence-corrected chi connectivity index (χ4v) is 0.620. The highest BCUT2D eigenvalue weighted by Crippen LogP contribution is 1.98. The average molecular weight is 141 g/mol. The number of aliphatic hydroxyl groups excluding tert-OH is 1. The first-order valence-corrected chi connectivity index (χ1v) is 2.72. The topological polar surface area (TPSA) is 88.0 Å². The molecule has 1 unspecified atom stereocenters. The van der Waals surface area contributed by atoms with Gasteiger partial charge in [0.15, 0.2) is 6.10 Å². The molecule has 1 aliphatic rings. The van der Waals surface area contributed by atoms with Crippen LogP contribution in [0.15, 0.2) is 9.98 Å². The Morgan fingerprint density at radius 1 is 1.60 bits per heavy atom. The summed E-state index contributed by atoms with van der Waals surface area (Å²) in [6.07, 6.45) is -1.20. The third kappa shape index (κ3) is 1.03. The Morgan fingerprint density at radius 3 is 2.70 bits per heavy atom. The molecule has 0 aromatic heterocycles. The van der Waals surface area contributed by atoms with Gasteiger partial charge in [0.1, 0.15) is 0 Å². The monoisotopic (exact) mass is 141 g/mol. The highest BCUT2D eigenvalue weighted by atomic mass is 16.3. The second-order valence-electron chi connectivity index (χ2n) is 1.96. The molecule has 0 bridgehead atoms. The predicted octanol–water partition coefficient (Wildman–Crippen LogP) is -1.34. The Morgan fingerprint density at radius 2 is 2.20 bits per heavy atom. The van der Waals surface area contributed by atoms with Crippen molar-refractivity contribution in [2.45, 2.75) is 13.0 Å². The maximum atomic E-state index is 10.6. The molecule has 54 valence electrons. The van der Waals surface area contributed by atoms with Crippen LogP contribution < -0.4 is 5.73 Å². The molecule has 1 amide bonds. The molecule has 1 rings (SSSR count). The lowest BCUT2D eigenvalue weighted by Gasteiger charge is -2.09. The predicted molar refractivity (Wildman–Crippen MR) is 35.7 cm³/mol. The molecular formula is C5H7N3O2. The molecule has 5 heteroatoms. The van der Waals surface area contributed by atoms with Gasteiger partial charge in [0.2, 0.25) is 5.96 Å². The van der Waals surface area contributed by atoms with Crippen LogP contribution in [-0.2, 0) is 4.79 Å². The summed E-state index contributed by atoms with van der Waals surface area (Å²) in [5, 5.41) is 8.92. The van der Waals surface area contributed by atoms with Crippen LogP contribution in [-0.4, -0.2) is 28.8 Å². The van der Waals surface area contributed by atoms with Gasteiger partial charge < -0.3 is 10.8 Å². The number of amides is 1. The molecule has 0 aromatic carbocycles. The van der Waals surface area contributed by atoms with E-state index < -0.39 is 12.0 Å². The van der Waals surface area contributed by atoms with Crippen LogP contribution in [0.4, 0.5) is 0 Å². The van der Waals surface area contributed by atoms with E-state index in [0.717, 1.165) is 0 Å². The van der Waals surface area contributed by atoms with Crippen molar-refractivity contribution < 1.29 is 9.90 Å². The van der Waals surface area contributed by atoms with Crippen LogP contribution in [0.5, 0.6) is 0 Å². The van der Waals surface area contributed by atoms with E-state index in [1.165, 1.54) is 6.92 Å². The van der Waals surface area contributed by atoms with Crippen LogP contribution >= 0.6 is 0 Å². The number of nitrogens with two attached hydrogens (primary N) is 1. The summed E-state index contributed by atoms with van der Waals surface area (Å²) in [7, 11) is 0. The minimum Gasteiger partial charge on any atom is -0.377 e. The maximum Gasteiger partial charge on any atom is 0.283 e. The van der Waals surface area contributed by atoms with E-state index in [2.05, 4.69) is 9.98 Å². The van der Waals surface area contributed by atoms with Crippen LogP contribution in [0.3, 0.4) is 0 Å². The summed E-state index contributed by atoms with van der Waals surface area (Å²) in [5.74, 6) is -0.738. The lowest BCUT2D eigenvalue weighted by Crippen LogP contribution is -2.33. The highest BCUT2D eigenvalue weighted by Gasteiger charge is 2.21. The minimum absolute atomic E-state index is 0.0900. The zero-order valence-corrected chi connectivity index (χ0v) is 5.40. The van der Waals surface area contributed by atoms with Crippen molar-refractivity contribution in [2.24, 2.45) is 15.7 Å². The fraction of sp³-hybridized carbons (Fsp3) is 0.400. The van der Waals surface area contributed by atoms with Gasteiger partial charge in [0, 0.05) is 0 Å². The molecule has 0 fully saturated rings. The summed E-state index contributed by atoms with van der Waals surface area (Å²) >= 11 is 0. The number of guanidine groups is 1. The highest BCUT2D eigenvalue weighted by molar-refractivity contribution is 6.16. The Labute approximate surface area is 57.3 Å². The van der Waals surface area contributed by atoms with Crippen molar-refractivity contribution in [3.63, 3.8) is 0 Å². The molecule has 0 radical (unpaired) electrons. The van der Waals surface area contributed by atoms with E-state index in [1.807, 2.05) is 0 Å². The van der Waals surface area contributed by atoms with E-state index in [-0.39, 0.29) is 11.7 Å². The van der Waals surface area contributed by atoms with Gasteiger partial charge in [-0.15, -0.1) is 0 Å². The van der Waals surface area contributed by atoms with Crippen LogP contribution in [0.2, 0.25) is 0 Å². The van der Waals surface area contributed by atoms with E-state index >= 15 is 0 Å². The number of carbonyl (C=O) groups is 1. The van der Waals surface area contributed by atoms with Gasteiger partial charge in [-0.05, 0) is 6.92 Å². The van der Waals surface area contributed by atoms with Crippen LogP contribution in [0, 0.1) is 0 Å². The van der Waals surface area contributed by atoms with Crippen molar-refractivity contribution in [1.29, 1.82) is 0 Å². The van der Waals surface area contributed by atoms with E-state index in [4.69, 9.17) is 10.8 Å². The summed E-state index contributed by atoms with van der Waals surface area (Å²) in [6, 6.07) is 0. The molecule has 0 aliphatic carbocycles. The molecule has 0 spiro atoms. The van der Waals surface area contributed by atoms with Crippen molar-refractivity contribution >= 4 is 17.6 Å². The molecule has 5 nitrogen and oxygen atoms in total. The van der Waals surface area contributed by atoms with Crippen LogP contribution in [0.1, 0.15) is 6.92 Å². The number of hydrogen-bond donors (Lipinski definition) is 2. The zero-order valence-electron chi connectivity index (χ0n) is 5.40. The number of aliphatic hydroxyl groups is 1. The normalized spacial score (nSPS) is 25.8. The molecule has 1 atom stereocenters. The molecule has 1 heterocycles. The number of hydrogen-bond acceptors (Lipinski definition) is 4. The van der Waals surface area contributed by atoms with Gasteiger partial charge in [-0.1, -0.05) is 0 Å². The van der Waals surface area contributed by atoms with Gasteiger partial charge in [-0.25, -0.2) is 4.99 Å². The molecule has 10 heavy (non-hydrogen) atoms. The first kappa shape index (κ1) is 6.88. The number of rotatable bonds is 0. The van der Waals surface area contributed by atoms with Gasteiger partial charge in [0.05, 0.1) is 5.71 Å². The minimum atomic E-state index is -1.20. The van der Waals surface area contributed by atoms with Gasteiger partial charge in [-0.3, -0.25) is 4.79 Å². The lowest BCUT2D eigenvalue weighted by atomic mass is 10.2. The summed E-state index contributed by atoms with van der Waals surface area (Å²) in [4.78, 5) is 17.4. The van der Waals surface area contributed by atoms with Crippen molar-refractivity contribution in [1.82, 2.24) is 0 Å². The second kappa shape index (κ2) is 2.18. The van der Waals surface area contributed by atoms with E-state index in [9.17, 15) is 4.79 Å². The molecule has 0 saturated carbocycles. The van der Waals surface area contributed by atoms with Crippen molar-refractivity contribution in [2.75, 3.05) is 0 Å². The fourth-order valence-electron chi connectivity index (χ4n) is 0.620. The standard InChI is InChI=1S/C5H7N3O2/c1-2-3(9)4(10)8-5(6)7-2/h3,9H,1H3,(H2,6,8,10). The van der Waals surface area contributed by atoms with Gasteiger partial charge in [0.25, 0.3) is 5.91 Å². The Hall–Kier alpha value is -1.23. The third-order valence-corrected chi connectivity index (χ3v) is 1.15. The maximum absolute atomic E-state index is 10.6. The summed E-state index contributed by atoms with van der Waals surface area (Å²) in [6.45, 7) is 1.52. The average Bonchev–Trinajstić information content (AvgIpc) is 1.82. The number of aliphatic imine (C=N–C) groups is 2. The smallest absolute Gasteiger partial charge is 0.283 e. The lowest BCUT2D eigenvalue weighted by molar-refractivity contribution is -0.122. The van der Waals surface area contributed by atoms with E-state index in [1.54, 1.807) is 0 Å². The van der Waals surface area contributed by atoms with Crippen molar-refractivity contribution in [3.8, 4) is 0 Å². The van der Waals surface area contributed by atoms with E-state index in [0.29, 0.717) is 0 Å². The Balaban J connectivity index is 2.95. The molecule has 1 aliphatic heterocycles. The SMILES string of the molecule is CC1=NC(N)=NC(=O)C1O. The molecule has 0 saturated heterocycles. The molecule has 3 N–H and O–H groups in total. The zero-order chi connectivity index (χ0) is 7.72. The Kier molecular flexibility index (Phi) is 1.50. The molecular weight excluding hydrogens is 134 g/mol. The first-order valence-electron chi connectivity index (χ1n) is 2.72. The van der Waals surface area contributed by atoms with Crippen LogP contribution in [0.25, 0.3) is 0 Å². The third-order valence-electron chi connectivity index (χ3n) is 1.15. The largest absolute Gasteiger partial charge is 0.377 e. The first-order chi connectivity index (χ1) is 4.61. The number of nitrogens with zero attached hydrogens (tertiary/aromatic N) is 2. The van der Waals surface area contributed by atoms with Gasteiger partial charge >= 0.3 is 0 Å². The summed E-state index contributed by atoms with van der Waals surface area (Å²) < 4.78 is 0. The number of carbonyl (C=O) groups excluding carboxylic acids is 1. The Bertz CT molecular complexity index is 231.